The number of carbonyl (C=O) groups is 2. The van der Waals surface area contributed by atoms with Gasteiger partial charge in [-0.05, 0) is 25.5 Å². The lowest BCUT2D eigenvalue weighted by Gasteiger charge is -2.28. The van der Waals surface area contributed by atoms with Crippen molar-refractivity contribution in [1.29, 1.82) is 0 Å². The Balaban J connectivity index is 2.66. The fraction of sp³-hybridized carbons (Fsp3) is 0.467. The number of nitrogens with two attached hydrogens (primary N) is 1. The van der Waals surface area contributed by atoms with Crippen LogP contribution in [0.5, 0.6) is 0 Å². The van der Waals surface area contributed by atoms with Gasteiger partial charge < -0.3 is 16.0 Å². The van der Waals surface area contributed by atoms with Crippen molar-refractivity contribution in [3.8, 4) is 0 Å². The quantitative estimate of drug-likeness (QED) is 0.842. The Morgan fingerprint density at radius 3 is 2.32 bits per heavy atom. The van der Waals surface area contributed by atoms with Crippen molar-refractivity contribution in [2.24, 2.45) is 5.73 Å². The molecule has 0 bridgehead atoms. The largest absolute Gasteiger partial charge is 0.335 e. The summed E-state index contributed by atoms with van der Waals surface area (Å²) < 4.78 is 26.1. The molecule has 0 radical (unpaired) electrons. The molecule has 0 aliphatic rings. The van der Waals surface area contributed by atoms with E-state index in [1.54, 1.807) is 6.92 Å². The Labute approximate surface area is 128 Å². The molecular weight excluding hydrogens is 292 g/mol. The van der Waals surface area contributed by atoms with E-state index in [-0.39, 0.29) is 18.1 Å². The third kappa shape index (κ3) is 5.07. The van der Waals surface area contributed by atoms with Crippen molar-refractivity contribution in [3.63, 3.8) is 0 Å². The van der Waals surface area contributed by atoms with Crippen molar-refractivity contribution in [2.75, 3.05) is 18.9 Å². The van der Waals surface area contributed by atoms with Crippen LogP contribution in [0.3, 0.4) is 0 Å². The summed E-state index contributed by atoms with van der Waals surface area (Å²) in [6.45, 7) is 3.26. The van der Waals surface area contributed by atoms with Crippen molar-refractivity contribution in [1.82, 2.24) is 4.90 Å². The van der Waals surface area contributed by atoms with Gasteiger partial charge in [0.25, 0.3) is 0 Å². The van der Waals surface area contributed by atoms with Gasteiger partial charge in [-0.3, -0.25) is 9.59 Å². The molecule has 1 aromatic carbocycles. The van der Waals surface area contributed by atoms with Crippen molar-refractivity contribution in [3.05, 3.63) is 29.8 Å². The molecule has 1 rings (SSSR count). The summed E-state index contributed by atoms with van der Waals surface area (Å²) in [4.78, 5) is 25.2. The summed E-state index contributed by atoms with van der Waals surface area (Å²) in [6.07, 6.45) is 1.23. The van der Waals surface area contributed by atoms with E-state index in [0.29, 0.717) is 12.5 Å². The number of rotatable bonds is 6. The van der Waals surface area contributed by atoms with Crippen LogP contribution >= 0.6 is 0 Å². The zero-order valence-corrected chi connectivity index (χ0v) is 13.0. The van der Waals surface area contributed by atoms with E-state index in [9.17, 15) is 18.4 Å². The lowest BCUT2D eigenvalue weighted by molar-refractivity contribution is -0.137. The molecule has 7 heteroatoms. The fourth-order valence-corrected chi connectivity index (χ4v) is 2.18. The number of amides is 2. The van der Waals surface area contributed by atoms with Crippen LogP contribution in [0, 0.1) is 11.6 Å². The highest BCUT2D eigenvalue weighted by atomic mass is 19.1. The van der Waals surface area contributed by atoms with Gasteiger partial charge in [0.15, 0.2) is 0 Å². The average molecular weight is 313 g/mol. The van der Waals surface area contributed by atoms with Crippen LogP contribution in [0.15, 0.2) is 18.2 Å². The average Bonchev–Trinajstić information content (AvgIpc) is 2.35. The summed E-state index contributed by atoms with van der Waals surface area (Å²) in [5, 5.41) is 2.34. The molecule has 3 N–H and O–H groups in total. The van der Waals surface area contributed by atoms with E-state index < -0.39 is 23.1 Å². The number of hydrogen-bond donors (Lipinski definition) is 2. The number of likely N-dealkylation sites (N-methyl/N-ethyl adjacent to an activating group) is 1. The Bertz CT molecular complexity index is 541. The molecule has 122 valence electrons. The fourth-order valence-electron chi connectivity index (χ4n) is 2.18. The van der Waals surface area contributed by atoms with Gasteiger partial charge >= 0.3 is 0 Å². The Morgan fingerprint density at radius 2 is 1.82 bits per heavy atom. The zero-order valence-electron chi connectivity index (χ0n) is 13.0. The second-order valence-corrected chi connectivity index (χ2v) is 5.53. The first-order valence-electron chi connectivity index (χ1n) is 6.96. The molecule has 22 heavy (non-hydrogen) atoms. The standard InChI is InChI=1S/C15H21F2N3O2/c1-4-5-15(2,18)14(22)20(3)9-13(21)19-12-7-10(16)6-11(17)8-12/h6-8H,4-5,9,18H2,1-3H3,(H,19,21). The minimum atomic E-state index is -1.05. The molecule has 0 fully saturated rings. The smallest absolute Gasteiger partial charge is 0.243 e. The maximum absolute atomic E-state index is 13.0. The lowest BCUT2D eigenvalue weighted by atomic mass is 9.96. The first kappa shape index (κ1) is 18.0. The highest BCUT2D eigenvalue weighted by Gasteiger charge is 2.30. The van der Waals surface area contributed by atoms with Gasteiger partial charge in [0.1, 0.15) is 11.6 Å². The summed E-state index contributed by atoms with van der Waals surface area (Å²) in [5.41, 5.74) is 4.86. The summed E-state index contributed by atoms with van der Waals surface area (Å²) in [6, 6.07) is 2.69. The molecule has 0 heterocycles. The molecule has 0 spiro atoms. The number of nitrogens with zero attached hydrogens (tertiary/aromatic N) is 1. The van der Waals surface area contributed by atoms with E-state index in [0.717, 1.165) is 18.6 Å². The number of benzene rings is 1. The van der Waals surface area contributed by atoms with E-state index >= 15 is 0 Å². The monoisotopic (exact) mass is 313 g/mol. The molecule has 1 atom stereocenters. The number of halogens is 2. The van der Waals surface area contributed by atoms with E-state index in [4.69, 9.17) is 5.73 Å². The van der Waals surface area contributed by atoms with Crippen LogP contribution in [-0.2, 0) is 9.59 Å². The van der Waals surface area contributed by atoms with Gasteiger partial charge in [0.2, 0.25) is 11.8 Å². The normalized spacial score (nSPS) is 13.4. The van der Waals surface area contributed by atoms with Gasteiger partial charge in [-0.25, -0.2) is 8.78 Å². The first-order chi connectivity index (χ1) is 10.2. The highest BCUT2D eigenvalue weighted by molar-refractivity contribution is 5.95. The van der Waals surface area contributed by atoms with E-state index in [1.807, 2.05) is 6.92 Å². The maximum atomic E-state index is 13.0. The van der Waals surface area contributed by atoms with Gasteiger partial charge in [0.05, 0.1) is 12.1 Å². The van der Waals surface area contributed by atoms with E-state index in [2.05, 4.69) is 5.32 Å². The van der Waals surface area contributed by atoms with E-state index in [1.165, 1.54) is 11.9 Å². The topological polar surface area (TPSA) is 75.4 Å². The zero-order chi connectivity index (χ0) is 16.9. The first-order valence-corrected chi connectivity index (χ1v) is 6.96. The maximum Gasteiger partial charge on any atom is 0.243 e. The number of hydrogen-bond acceptors (Lipinski definition) is 3. The molecule has 0 aliphatic heterocycles. The molecular formula is C15H21F2N3O2. The molecule has 0 saturated carbocycles. The number of nitrogens with one attached hydrogen (secondary N) is 1. The van der Waals surface area contributed by atoms with Crippen molar-refractivity contribution < 1.29 is 18.4 Å². The predicted molar refractivity (Wildman–Crippen MR) is 80.1 cm³/mol. The van der Waals surface area contributed by atoms with Crippen LogP contribution in [0.4, 0.5) is 14.5 Å². The minimum absolute atomic E-state index is 0.00702. The second-order valence-electron chi connectivity index (χ2n) is 5.53. The number of carbonyl (C=O) groups excluding carboxylic acids is 2. The predicted octanol–water partition coefficient (Wildman–Crippen LogP) is 1.88. The van der Waals surface area contributed by atoms with Gasteiger partial charge in [-0.2, -0.15) is 0 Å². The summed E-state index contributed by atoms with van der Waals surface area (Å²) in [5.74, 6) is -2.52. The van der Waals surface area contributed by atoms with Crippen molar-refractivity contribution >= 4 is 17.5 Å². The van der Waals surface area contributed by atoms with Crippen LogP contribution in [-0.4, -0.2) is 35.8 Å². The van der Waals surface area contributed by atoms with Gasteiger partial charge in [0, 0.05) is 18.8 Å². The third-order valence-electron chi connectivity index (χ3n) is 3.13. The Kier molecular flexibility index (Phi) is 5.99. The van der Waals surface area contributed by atoms with Crippen LogP contribution < -0.4 is 11.1 Å². The van der Waals surface area contributed by atoms with Crippen molar-refractivity contribution in [2.45, 2.75) is 32.2 Å². The van der Waals surface area contributed by atoms with Gasteiger partial charge in [-0.15, -0.1) is 0 Å². The van der Waals surface area contributed by atoms with Crippen LogP contribution in [0.1, 0.15) is 26.7 Å². The van der Waals surface area contributed by atoms with Crippen LogP contribution in [0.25, 0.3) is 0 Å². The Morgan fingerprint density at radius 1 is 1.27 bits per heavy atom. The lowest BCUT2D eigenvalue weighted by Crippen LogP contribution is -2.53. The molecule has 0 aromatic heterocycles. The molecule has 2 amide bonds. The van der Waals surface area contributed by atoms with Gasteiger partial charge in [-0.1, -0.05) is 13.3 Å². The SMILES string of the molecule is CCCC(C)(N)C(=O)N(C)CC(=O)Nc1cc(F)cc(F)c1. The summed E-state index contributed by atoms with van der Waals surface area (Å²) in [7, 11) is 1.45. The molecule has 0 saturated heterocycles. The Hall–Kier alpha value is -2.02. The summed E-state index contributed by atoms with van der Waals surface area (Å²) >= 11 is 0. The third-order valence-corrected chi connectivity index (χ3v) is 3.13. The molecule has 1 aromatic rings. The van der Waals surface area contributed by atoms with Crippen LogP contribution in [0.2, 0.25) is 0 Å². The second kappa shape index (κ2) is 7.31. The number of anilines is 1. The molecule has 5 nitrogen and oxygen atoms in total. The molecule has 0 aliphatic carbocycles. The minimum Gasteiger partial charge on any atom is -0.335 e. The highest BCUT2D eigenvalue weighted by Crippen LogP contribution is 2.14. The molecule has 1 unspecified atom stereocenters.